The molecule has 2 aliphatic rings. The largest absolute Gasteiger partial charge is 0.508 e. The summed E-state index contributed by atoms with van der Waals surface area (Å²) in [5, 5.41) is 34.8. The smallest absolute Gasteiger partial charge is 0.275 e. The molecular weight excluding hydrogens is 320 g/mol. The number of fused-ring (bicyclic) bond motifs is 3. The molecule has 0 amide bonds. The molecule has 3 unspecified atom stereocenters. The Labute approximate surface area is 144 Å². The topological polar surface area (TPSA) is 95.6 Å². The summed E-state index contributed by atoms with van der Waals surface area (Å²) in [6.45, 7) is 1.92. The maximum atomic E-state index is 11.5. The molecule has 1 aliphatic heterocycles. The first-order valence-electron chi connectivity index (χ1n) is 8.20. The van der Waals surface area contributed by atoms with Crippen LogP contribution in [0.5, 0.6) is 11.5 Å². The lowest BCUT2D eigenvalue weighted by atomic mass is 9.75. The Hall–Kier alpha value is -3.02. The number of rotatable bonds is 2. The van der Waals surface area contributed by atoms with Crippen molar-refractivity contribution in [2.24, 2.45) is 5.92 Å². The number of nitro benzene ring substituents is 1. The number of phenols is 2. The molecule has 3 atom stereocenters. The van der Waals surface area contributed by atoms with E-state index in [1.54, 1.807) is 24.3 Å². The highest BCUT2D eigenvalue weighted by Crippen LogP contribution is 2.54. The van der Waals surface area contributed by atoms with Crippen LogP contribution in [0.2, 0.25) is 0 Å². The van der Waals surface area contributed by atoms with E-state index in [0.29, 0.717) is 5.56 Å². The van der Waals surface area contributed by atoms with Gasteiger partial charge in [0.05, 0.1) is 16.5 Å². The third-order valence-electron chi connectivity index (χ3n) is 5.25. The summed E-state index contributed by atoms with van der Waals surface area (Å²) < 4.78 is 0. The van der Waals surface area contributed by atoms with Gasteiger partial charge in [-0.3, -0.25) is 10.1 Å². The number of aryl methyl sites for hydroxylation is 1. The van der Waals surface area contributed by atoms with Gasteiger partial charge in [-0.25, -0.2) is 0 Å². The van der Waals surface area contributed by atoms with Gasteiger partial charge in [0.15, 0.2) is 0 Å². The molecule has 25 heavy (non-hydrogen) atoms. The van der Waals surface area contributed by atoms with Crippen molar-refractivity contribution in [2.75, 3.05) is 5.32 Å². The molecule has 0 saturated heterocycles. The van der Waals surface area contributed by atoms with Crippen LogP contribution in [-0.4, -0.2) is 15.1 Å². The average molecular weight is 338 g/mol. The van der Waals surface area contributed by atoms with Crippen molar-refractivity contribution in [3.63, 3.8) is 0 Å². The predicted molar refractivity (Wildman–Crippen MR) is 94.0 cm³/mol. The highest BCUT2D eigenvalue weighted by Gasteiger charge is 2.42. The van der Waals surface area contributed by atoms with E-state index in [1.165, 1.54) is 6.07 Å². The second-order valence-corrected chi connectivity index (χ2v) is 6.67. The summed E-state index contributed by atoms with van der Waals surface area (Å²) >= 11 is 0. The Bertz CT molecular complexity index is 907. The maximum Gasteiger partial charge on any atom is 0.275 e. The number of benzene rings is 2. The Balaban J connectivity index is 1.89. The molecule has 0 radical (unpaired) electrons. The molecule has 0 saturated carbocycles. The number of nitrogens with one attached hydrogen (secondary N) is 1. The van der Waals surface area contributed by atoms with Crippen LogP contribution >= 0.6 is 0 Å². The Morgan fingerprint density at radius 2 is 2.04 bits per heavy atom. The number of phenolic OH excluding ortho intramolecular Hbond substituents is 2. The lowest BCUT2D eigenvalue weighted by molar-refractivity contribution is -0.385. The van der Waals surface area contributed by atoms with Crippen LogP contribution in [-0.2, 0) is 0 Å². The monoisotopic (exact) mass is 338 g/mol. The second kappa shape index (κ2) is 5.51. The summed E-state index contributed by atoms with van der Waals surface area (Å²) in [5.74, 6) is 0.0262. The van der Waals surface area contributed by atoms with Crippen LogP contribution in [0.3, 0.4) is 0 Å². The van der Waals surface area contributed by atoms with Gasteiger partial charge in [0.2, 0.25) is 0 Å². The van der Waals surface area contributed by atoms with Gasteiger partial charge in [0, 0.05) is 29.3 Å². The van der Waals surface area contributed by atoms with Gasteiger partial charge >= 0.3 is 0 Å². The van der Waals surface area contributed by atoms with Gasteiger partial charge in [0.1, 0.15) is 11.5 Å². The van der Waals surface area contributed by atoms with Gasteiger partial charge in [-0.2, -0.15) is 0 Å². The Morgan fingerprint density at radius 3 is 2.76 bits per heavy atom. The van der Waals surface area contributed by atoms with Gasteiger partial charge in [0.25, 0.3) is 5.69 Å². The van der Waals surface area contributed by atoms with Crippen LogP contribution in [0.15, 0.2) is 42.5 Å². The minimum absolute atomic E-state index is 0.00498. The van der Waals surface area contributed by atoms with E-state index >= 15 is 0 Å². The highest BCUT2D eigenvalue weighted by molar-refractivity contribution is 5.71. The zero-order valence-corrected chi connectivity index (χ0v) is 13.6. The summed E-state index contributed by atoms with van der Waals surface area (Å²) in [6, 6.07) is 7.70. The quantitative estimate of drug-likeness (QED) is 0.434. The first kappa shape index (κ1) is 15.5. The molecule has 3 N–H and O–H groups in total. The molecule has 0 bridgehead atoms. The number of allylic oxidation sites excluding steroid dienone is 2. The summed E-state index contributed by atoms with van der Waals surface area (Å²) in [7, 11) is 0. The zero-order chi connectivity index (χ0) is 17.7. The molecule has 0 fully saturated rings. The summed E-state index contributed by atoms with van der Waals surface area (Å²) in [5.41, 5.74) is 3.23. The minimum Gasteiger partial charge on any atom is -0.508 e. The van der Waals surface area contributed by atoms with Crippen molar-refractivity contribution in [1.29, 1.82) is 0 Å². The number of anilines is 1. The lowest BCUT2D eigenvalue weighted by Crippen LogP contribution is -2.30. The molecule has 0 aromatic heterocycles. The molecular formula is C19H18N2O4. The van der Waals surface area contributed by atoms with Crippen molar-refractivity contribution in [2.45, 2.75) is 25.3 Å². The molecule has 1 heterocycles. The lowest BCUT2D eigenvalue weighted by Gasteiger charge is -2.38. The summed E-state index contributed by atoms with van der Waals surface area (Å²) in [4.78, 5) is 11.2. The van der Waals surface area contributed by atoms with Crippen LogP contribution in [0.25, 0.3) is 0 Å². The molecule has 4 rings (SSSR count). The number of aromatic hydroxyl groups is 2. The predicted octanol–water partition coefficient (Wildman–Crippen LogP) is 4.14. The van der Waals surface area contributed by atoms with Gasteiger partial charge in [-0.15, -0.1) is 0 Å². The number of nitro groups is 1. The number of hydrogen-bond donors (Lipinski definition) is 3. The molecule has 2 aromatic carbocycles. The van der Waals surface area contributed by atoms with Crippen molar-refractivity contribution in [3.8, 4) is 11.5 Å². The SMILES string of the molecule is Cc1ccc([N+](=O)[O-])c2c1NC(c1ccc(O)cc1O)C1CC=CC21. The fraction of sp³-hybridized carbons (Fsp3) is 0.263. The van der Waals surface area contributed by atoms with E-state index in [2.05, 4.69) is 5.32 Å². The third-order valence-corrected chi connectivity index (χ3v) is 5.25. The van der Waals surface area contributed by atoms with Crippen molar-refractivity contribution >= 4 is 11.4 Å². The minimum atomic E-state index is -0.332. The van der Waals surface area contributed by atoms with Crippen molar-refractivity contribution in [1.82, 2.24) is 0 Å². The number of hydrogen-bond acceptors (Lipinski definition) is 5. The van der Waals surface area contributed by atoms with Crippen LogP contribution in [0.1, 0.15) is 35.1 Å². The van der Waals surface area contributed by atoms with Gasteiger partial charge in [-0.05, 0) is 37.0 Å². The normalized spacial score (nSPS) is 23.6. The molecule has 6 nitrogen and oxygen atoms in total. The molecule has 6 heteroatoms. The van der Waals surface area contributed by atoms with E-state index in [4.69, 9.17) is 0 Å². The third kappa shape index (κ3) is 2.33. The van der Waals surface area contributed by atoms with Crippen LogP contribution in [0.4, 0.5) is 11.4 Å². The average Bonchev–Trinajstić information content (AvgIpc) is 3.04. The van der Waals surface area contributed by atoms with Crippen LogP contribution in [0, 0.1) is 23.0 Å². The molecule has 128 valence electrons. The highest BCUT2D eigenvalue weighted by atomic mass is 16.6. The Kier molecular flexibility index (Phi) is 3.42. The van der Waals surface area contributed by atoms with Gasteiger partial charge in [-0.1, -0.05) is 18.2 Å². The van der Waals surface area contributed by atoms with Crippen molar-refractivity contribution < 1.29 is 15.1 Å². The van der Waals surface area contributed by atoms with Gasteiger partial charge < -0.3 is 15.5 Å². The Morgan fingerprint density at radius 1 is 1.24 bits per heavy atom. The zero-order valence-electron chi connectivity index (χ0n) is 13.6. The second-order valence-electron chi connectivity index (χ2n) is 6.67. The first-order chi connectivity index (χ1) is 12.0. The van der Waals surface area contributed by atoms with E-state index in [9.17, 15) is 20.3 Å². The van der Waals surface area contributed by atoms with Crippen LogP contribution < -0.4 is 5.32 Å². The first-order valence-corrected chi connectivity index (χ1v) is 8.20. The molecule has 1 aliphatic carbocycles. The molecule has 2 aromatic rings. The van der Waals surface area contributed by atoms with E-state index in [1.807, 2.05) is 19.1 Å². The number of nitrogens with zero attached hydrogens (tertiary/aromatic N) is 1. The fourth-order valence-corrected chi connectivity index (χ4v) is 4.10. The van der Waals surface area contributed by atoms with E-state index in [-0.39, 0.29) is 40.0 Å². The standard InChI is InChI=1S/C19H18N2O4/c1-10-5-8-15(21(24)25)17-12-3-2-4-13(12)19(20-18(10)17)14-7-6-11(22)9-16(14)23/h2-3,5-9,12-13,19-20,22-23H,4H2,1H3. The van der Waals surface area contributed by atoms with E-state index < -0.39 is 0 Å². The maximum absolute atomic E-state index is 11.5. The fourth-order valence-electron chi connectivity index (χ4n) is 4.10. The molecule has 0 spiro atoms. The van der Waals surface area contributed by atoms with E-state index in [0.717, 1.165) is 23.2 Å². The summed E-state index contributed by atoms with van der Waals surface area (Å²) in [6.07, 6.45) is 4.84. The van der Waals surface area contributed by atoms with Crippen molar-refractivity contribution in [3.05, 3.63) is 69.3 Å².